The topological polar surface area (TPSA) is 46.1 Å². The number of aromatic nitrogens is 2. The van der Waals surface area contributed by atoms with Crippen LogP contribution in [0.2, 0.25) is 0 Å². The van der Waals surface area contributed by atoms with Gasteiger partial charge < -0.3 is 4.90 Å². The van der Waals surface area contributed by atoms with Crippen molar-refractivity contribution in [2.24, 2.45) is 0 Å². The molecule has 2 aliphatic rings. The van der Waals surface area contributed by atoms with Crippen LogP contribution in [0.25, 0.3) is 10.2 Å². The molecule has 0 radical (unpaired) electrons. The second-order valence-electron chi connectivity index (χ2n) is 7.02. The first-order chi connectivity index (χ1) is 12.1. The summed E-state index contributed by atoms with van der Waals surface area (Å²) in [5, 5.41) is 3.20. The number of nitrogens with zero attached hydrogens (tertiary/aromatic N) is 3. The number of carbonyl (C=O) groups excluding carboxylic acids is 1. The Morgan fingerprint density at radius 1 is 1.28 bits per heavy atom. The molecule has 1 aliphatic carbocycles. The number of fused-ring (bicyclic) bond motifs is 2. The predicted molar refractivity (Wildman–Crippen MR) is 102 cm³/mol. The summed E-state index contributed by atoms with van der Waals surface area (Å²) in [7, 11) is 0. The van der Waals surface area contributed by atoms with Crippen molar-refractivity contribution in [1.82, 2.24) is 14.9 Å². The fourth-order valence-electron chi connectivity index (χ4n) is 3.65. The van der Waals surface area contributed by atoms with Crippen LogP contribution in [0.5, 0.6) is 0 Å². The van der Waals surface area contributed by atoms with Crippen molar-refractivity contribution in [1.29, 1.82) is 0 Å². The van der Waals surface area contributed by atoms with E-state index in [1.807, 2.05) is 18.7 Å². The normalized spacial score (nSPS) is 17.1. The molecule has 0 aromatic carbocycles. The van der Waals surface area contributed by atoms with Crippen molar-refractivity contribution in [3.8, 4) is 0 Å². The van der Waals surface area contributed by atoms with Crippen LogP contribution in [0.15, 0.2) is 11.4 Å². The van der Waals surface area contributed by atoms with Gasteiger partial charge in [-0.1, -0.05) is 0 Å². The van der Waals surface area contributed by atoms with Gasteiger partial charge in [0.05, 0.1) is 10.6 Å². The molecule has 4 heterocycles. The molecule has 6 heteroatoms. The molecule has 1 amide bonds. The molecule has 0 unspecified atom stereocenters. The Hall–Kier alpha value is -1.79. The van der Waals surface area contributed by atoms with Gasteiger partial charge in [0, 0.05) is 29.3 Å². The fraction of sp³-hybridized carbons (Fsp3) is 0.421. The van der Waals surface area contributed by atoms with Crippen LogP contribution in [0.4, 0.5) is 0 Å². The van der Waals surface area contributed by atoms with Crippen molar-refractivity contribution in [3.05, 3.63) is 43.8 Å². The van der Waals surface area contributed by atoms with E-state index in [4.69, 9.17) is 9.97 Å². The minimum atomic E-state index is 0.143. The zero-order chi connectivity index (χ0) is 17.1. The molecule has 3 aromatic heterocycles. The minimum Gasteiger partial charge on any atom is -0.333 e. The van der Waals surface area contributed by atoms with E-state index in [2.05, 4.69) is 11.4 Å². The Labute approximate surface area is 154 Å². The summed E-state index contributed by atoms with van der Waals surface area (Å²) in [6.07, 6.45) is 3.35. The lowest BCUT2D eigenvalue weighted by molar-refractivity contribution is 0.0740. The zero-order valence-corrected chi connectivity index (χ0v) is 16.0. The fourth-order valence-corrected chi connectivity index (χ4v) is 5.75. The van der Waals surface area contributed by atoms with Gasteiger partial charge in [0.2, 0.25) is 0 Å². The van der Waals surface area contributed by atoms with Crippen LogP contribution in [0.3, 0.4) is 0 Å². The number of aryl methyl sites for hydroxylation is 2. The van der Waals surface area contributed by atoms with Crippen molar-refractivity contribution < 1.29 is 4.79 Å². The molecule has 3 aromatic rings. The molecule has 25 heavy (non-hydrogen) atoms. The standard InChI is InChI=1S/C19H19N3OS2/c1-10-15-11(2)20-17(12-3-4-12)21-18(15)25-16(10)19(23)22-7-5-14-13(9-22)6-8-24-14/h6,8,12H,3-5,7,9H2,1-2H3. The molecule has 0 N–H and O–H groups in total. The number of rotatable bonds is 2. The van der Waals surface area contributed by atoms with E-state index in [1.54, 1.807) is 22.7 Å². The van der Waals surface area contributed by atoms with Crippen molar-refractivity contribution in [3.63, 3.8) is 0 Å². The summed E-state index contributed by atoms with van der Waals surface area (Å²) >= 11 is 3.34. The SMILES string of the molecule is Cc1nc(C2CC2)nc2sc(C(=O)N3CCc4sccc4C3)c(C)c12. The molecule has 1 aliphatic heterocycles. The van der Waals surface area contributed by atoms with Gasteiger partial charge >= 0.3 is 0 Å². The lowest BCUT2D eigenvalue weighted by Crippen LogP contribution is -2.35. The average Bonchev–Trinajstić information content (AvgIpc) is 3.26. The zero-order valence-electron chi connectivity index (χ0n) is 14.3. The third-order valence-electron chi connectivity index (χ3n) is 5.22. The molecule has 4 nitrogen and oxygen atoms in total. The first-order valence-electron chi connectivity index (χ1n) is 8.74. The van der Waals surface area contributed by atoms with Crippen molar-refractivity contribution in [2.45, 2.75) is 45.6 Å². The number of amides is 1. The smallest absolute Gasteiger partial charge is 0.264 e. The maximum Gasteiger partial charge on any atom is 0.264 e. The molecule has 128 valence electrons. The number of carbonyl (C=O) groups is 1. The van der Waals surface area contributed by atoms with Crippen LogP contribution in [0, 0.1) is 13.8 Å². The third-order valence-corrected chi connectivity index (χ3v) is 7.42. The molecule has 0 bridgehead atoms. The summed E-state index contributed by atoms with van der Waals surface area (Å²) in [6, 6.07) is 2.15. The highest BCUT2D eigenvalue weighted by Gasteiger charge is 2.30. The first-order valence-corrected chi connectivity index (χ1v) is 10.4. The summed E-state index contributed by atoms with van der Waals surface area (Å²) < 4.78 is 0. The van der Waals surface area contributed by atoms with E-state index in [1.165, 1.54) is 23.3 Å². The highest BCUT2D eigenvalue weighted by molar-refractivity contribution is 7.20. The Bertz CT molecular complexity index is 1000. The molecular formula is C19H19N3OS2. The average molecular weight is 370 g/mol. The monoisotopic (exact) mass is 369 g/mol. The highest BCUT2D eigenvalue weighted by Crippen LogP contribution is 2.40. The summed E-state index contributed by atoms with van der Waals surface area (Å²) in [4.78, 5) is 27.8. The van der Waals surface area contributed by atoms with E-state index in [9.17, 15) is 4.79 Å². The molecular weight excluding hydrogens is 350 g/mol. The van der Waals surface area contributed by atoms with Crippen LogP contribution < -0.4 is 0 Å². The van der Waals surface area contributed by atoms with E-state index in [-0.39, 0.29) is 5.91 Å². The van der Waals surface area contributed by atoms with Gasteiger partial charge in [-0.2, -0.15) is 0 Å². The van der Waals surface area contributed by atoms with E-state index < -0.39 is 0 Å². The second kappa shape index (κ2) is 5.61. The summed E-state index contributed by atoms with van der Waals surface area (Å²) in [5.41, 5.74) is 3.36. The van der Waals surface area contributed by atoms with Crippen LogP contribution in [0.1, 0.15) is 56.0 Å². The van der Waals surface area contributed by atoms with Gasteiger partial charge in [-0.25, -0.2) is 9.97 Å². The minimum absolute atomic E-state index is 0.143. The van der Waals surface area contributed by atoms with Gasteiger partial charge in [-0.05, 0) is 55.7 Å². The molecule has 0 spiro atoms. The van der Waals surface area contributed by atoms with Crippen molar-refractivity contribution in [2.75, 3.05) is 6.54 Å². The second-order valence-corrected chi connectivity index (χ2v) is 9.02. The Balaban J connectivity index is 1.53. The van der Waals surface area contributed by atoms with Gasteiger partial charge in [-0.15, -0.1) is 22.7 Å². The van der Waals surface area contributed by atoms with Gasteiger partial charge in [0.25, 0.3) is 5.91 Å². The number of thiophene rings is 2. The largest absolute Gasteiger partial charge is 0.333 e. The Morgan fingerprint density at radius 2 is 2.12 bits per heavy atom. The van der Waals surface area contributed by atoms with Crippen LogP contribution in [-0.4, -0.2) is 27.3 Å². The van der Waals surface area contributed by atoms with Crippen molar-refractivity contribution >= 4 is 38.8 Å². The Kier molecular flexibility index (Phi) is 3.47. The first kappa shape index (κ1) is 15.5. The van der Waals surface area contributed by atoms with Crippen LogP contribution in [-0.2, 0) is 13.0 Å². The predicted octanol–water partition coefficient (Wildman–Crippen LogP) is 4.45. The Morgan fingerprint density at radius 3 is 2.92 bits per heavy atom. The van der Waals surface area contributed by atoms with Gasteiger partial charge in [0.15, 0.2) is 0 Å². The van der Waals surface area contributed by atoms with Gasteiger partial charge in [-0.3, -0.25) is 4.79 Å². The van der Waals surface area contributed by atoms with E-state index in [0.29, 0.717) is 5.92 Å². The third kappa shape index (κ3) is 2.50. The summed E-state index contributed by atoms with van der Waals surface area (Å²) in [6.45, 7) is 5.61. The lowest BCUT2D eigenvalue weighted by Gasteiger charge is -2.26. The molecule has 5 rings (SSSR count). The van der Waals surface area contributed by atoms with Gasteiger partial charge in [0.1, 0.15) is 10.7 Å². The quantitative estimate of drug-likeness (QED) is 0.671. The molecule has 0 saturated heterocycles. The molecule has 0 atom stereocenters. The van der Waals surface area contributed by atoms with E-state index in [0.717, 1.165) is 51.7 Å². The van der Waals surface area contributed by atoms with Crippen LogP contribution >= 0.6 is 22.7 Å². The number of hydrogen-bond donors (Lipinski definition) is 0. The lowest BCUT2D eigenvalue weighted by atomic mass is 10.1. The summed E-state index contributed by atoms with van der Waals surface area (Å²) in [5.74, 6) is 1.64. The maximum absolute atomic E-state index is 13.2. The maximum atomic E-state index is 13.2. The van der Waals surface area contributed by atoms with E-state index >= 15 is 0 Å². The molecule has 1 fully saturated rings. The molecule has 1 saturated carbocycles. The highest BCUT2D eigenvalue weighted by atomic mass is 32.1. The number of hydrogen-bond acceptors (Lipinski definition) is 5.